The fraction of sp³-hybridized carbons (Fsp3) is 0.700. The predicted octanol–water partition coefficient (Wildman–Crippen LogP) is -0.113. The molecule has 1 aliphatic rings. The van der Waals surface area contributed by atoms with Gasteiger partial charge in [-0.2, -0.15) is 0 Å². The molecule has 1 aromatic heterocycles. The molecule has 0 aliphatic heterocycles. The van der Waals surface area contributed by atoms with E-state index in [9.17, 15) is 8.42 Å². The van der Waals surface area contributed by atoms with Gasteiger partial charge >= 0.3 is 0 Å². The van der Waals surface area contributed by atoms with Gasteiger partial charge in [0.1, 0.15) is 5.82 Å². The van der Waals surface area contributed by atoms with E-state index >= 15 is 0 Å². The van der Waals surface area contributed by atoms with Crippen molar-refractivity contribution in [2.24, 2.45) is 12.8 Å². The van der Waals surface area contributed by atoms with Crippen LogP contribution in [-0.4, -0.2) is 30.1 Å². The molecule has 6 nitrogen and oxygen atoms in total. The summed E-state index contributed by atoms with van der Waals surface area (Å²) in [6, 6.07) is -0.253. The molecule has 0 radical (unpaired) electrons. The first-order valence-electron chi connectivity index (χ1n) is 5.68. The minimum absolute atomic E-state index is 0.0663. The number of nitrogens with two attached hydrogens (primary N) is 1. The molecule has 2 atom stereocenters. The van der Waals surface area contributed by atoms with Crippen molar-refractivity contribution in [3.63, 3.8) is 0 Å². The van der Waals surface area contributed by atoms with E-state index in [4.69, 9.17) is 5.73 Å². The molecule has 1 aromatic rings. The Morgan fingerprint density at radius 1 is 1.53 bits per heavy atom. The van der Waals surface area contributed by atoms with Crippen LogP contribution in [0.3, 0.4) is 0 Å². The molecular formula is C10H18N4O2S. The summed E-state index contributed by atoms with van der Waals surface area (Å²) in [7, 11) is -1.77. The normalized spacial score (nSPS) is 25.4. The molecule has 1 saturated carbocycles. The topological polar surface area (TPSA) is 90.0 Å². The van der Waals surface area contributed by atoms with Gasteiger partial charge in [-0.1, -0.05) is 6.42 Å². The van der Waals surface area contributed by atoms with Crippen LogP contribution in [0.25, 0.3) is 0 Å². The maximum absolute atomic E-state index is 12.1. The molecule has 1 fully saturated rings. The van der Waals surface area contributed by atoms with Gasteiger partial charge in [0.05, 0.1) is 0 Å². The Morgan fingerprint density at radius 2 is 2.24 bits per heavy atom. The van der Waals surface area contributed by atoms with Crippen LogP contribution >= 0.6 is 0 Å². The maximum atomic E-state index is 12.1. The Morgan fingerprint density at radius 3 is 2.71 bits per heavy atom. The third kappa shape index (κ3) is 2.51. The van der Waals surface area contributed by atoms with Gasteiger partial charge in [-0.15, -0.1) is 0 Å². The van der Waals surface area contributed by atoms with E-state index in [2.05, 4.69) is 9.71 Å². The average molecular weight is 258 g/mol. The predicted molar refractivity (Wildman–Crippen MR) is 63.9 cm³/mol. The SMILES string of the molecule is Cc1nc(S(=O)(=O)NC2CCCC2N)cn1C. The zero-order chi connectivity index (χ0) is 12.6. The molecule has 7 heteroatoms. The van der Waals surface area contributed by atoms with Crippen LogP contribution in [0.1, 0.15) is 25.1 Å². The van der Waals surface area contributed by atoms with Gasteiger partial charge in [0.15, 0.2) is 5.03 Å². The Hall–Kier alpha value is -0.920. The van der Waals surface area contributed by atoms with Crippen molar-refractivity contribution < 1.29 is 8.42 Å². The van der Waals surface area contributed by atoms with Crippen LogP contribution in [0.2, 0.25) is 0 Å². The molecule has 0 saturated heterocycles. The molecule has 0 amide bonds. The zero-order valence-corrected chi connectivity index (χ0v) is 10.9. The van der Waals surface area contributed by atoms with Crippen molar-refractivity contribution in [2.45, 2.75) is 43.3 Å². The second kappa shape index (κ2) is 4.40. The number of nitrogens with one attached hydrogen (secondary N) is 1. The number of aryl methyl sites for hydroxylation is 2. The highest BCUT2D eigenvalue weighted by Crippen LogP contribution is 2.19. The average Bonchev–Trinajstić information content (AvgIpc) is 2.76. The Labute approximate surface area is 101 Å². The number of aromatic nitrogens is 2. The minimum atomic E-state index is -3.54. The number of rotatable bonds is 3. The van der Waals surface area contributed by atoms with Crippen molar-refractivity contribution in [2.75, 3.05) is 0 Å². The van der Waals surface area contributed by atoms with Gasteiger partial charge in [0.2, 0.25) is 0 Å². The molecule has 0 bridgehead atoms. The smallest absolute Gasteiger partial charge is 0.259 e. The Balaban J connectivity index is 2.19. The Bertz CT molecular complexity index is 489. The van der Waals surface area contributed by atoms with Gasteiger partial charge in [-0.05, 0) is 19.8 Å². The minimum Gasteiger partial charge on any atom is -0.337 e. The lowest BCUT2D eigenvalue weighted by Crippen LogP contribution is -2.43. The molecule has 0 spiro atoms. The highest BCUT2D eigenvalue weighted by atomic mass is 32.2. The summed E-state index contributed by atoms with van der Waals surface area (Å²) in [5.74, 6) is 0.668. The first-order chi connectivity index (χ1) is 7.90. The third-order valence-electron chi connectivity index (χ3n) is 3.24. The van der Waals surface area contributed by atoms with Gasteiger partial charge in [-0.25, -0.2) is 18.1 Å². The van der Waals surface area contributed by atoms with Gasteiger partial charge in [0.25, 0.3) is 10.0 Å². The molecule has 2 rings (SSSR count). The summed E-state index contributed by atoms with van der Waals surface area (Å²) in [5, 5.41) is 0.0663. The lowest BCUT2D eigenvalue weighted by atomic mass is 10.2. The first kappa shape index (κ1) is 12.5. The van der Waals surface area contributed by atoms with E-state index in [1.54, 1.807) is 18.5 Å². The van der Waals surface area contributed by atoms with Gasteiger partial charge in [-0.3, -0.25) is 0 Å². The van der Waals surface area contributed by atoms with E-state index in [1.807, 2.05) is 0 Å². The lowest BCUT2D eigenvalue weighted by molar-refractivity contribution is 0.520. The number of hydrogen-bond acceptors (Lipinski definition) is 4. The number of hydrogen-bond donors (Lipinski definition) is 2. The second-order valence-corrected chi connectivity index (χ2v) is 6.22. The van der Waals surface area contributed by atoms with Crippen molar-refractivity contribution in [1.29, 1.82) is 0 Å². The number of imidazole rings is 1. The number of nitrogens with zero attached hydrogens (tertiary/aromatic N) is 2. The van der Waals surface area contributed by atoms with E-state index < -0.39 is 10.0 Å². The van der Waals surface area contributed by atoms with Crippen LogP contribution in [0.4, 0.5) is 0 Å². The quantitative estimate of drug-likeness (QED) is 0.791. The zero-order valence-electron chi connectivity index (χ0n) is 10.0. The van der Waals surface area contributed by atoms with E-state index in [0.717, 1.165) is 19.3 Å². The molecule has 2 unspecified atom stereocenters. The largest absolute Gasteiger partial charge is 0.337 e. The van der Waals surface area contributed by atoms with Crippen molar-refractivity contribution in [3.05, 3.63) is 12.0 Å². The summed E-state index contributed by atoms with van der Waals surface area (Å²) < 4.78 is 28.4. The summed E-state index contributed by atoms with van der Waals surface area (Å²) >= 11 is 0. The molecule has 0 aromatic carbocycles. The van der Waals surface area contributed by atoms with Crippen molar-refractivity contribution in [3.8, 4) is 0 Å². The van der Waals surface area contributed by atoms with E-state index in [-0.39, 0.29) is 17.1 Å². The molecule has 96 valence electrons. The molecule has 1 heterocycles. The number of sulfonamides is 1. The first-order valence-corrected chi connectivity index (χ1v) is 7.16. The summed E-state index contributed by atoms with van der Waals surface area (Å²) in [6.45, 7) is 1.76. The van der Waals surface area contributed by atoms with Crippen LogP contribution in [-0.2, 0) is 17.1 Å². The van der Waals surface area contributed by atoms with E-state index in [0.29, 0.717) is 5.82 Å². The standard InChI is InChI=1S/C10H18N4O2S/c1-7-12-10(6-14(7)2)17(15,16)13-9-5-3-4-8(9)11/h6,8-9,13H,3-5,11H2,1-2H3. The molecule has 1 aliphatic carbocycles. The molecule has 3 N–H and O–H groups in total. The molecule has 17 heavy (non-hydrogen) atoms. The molecular weight excluding hydrogens is 240 g/mol. The summed E-state index contributed by atoms with van der Waals surface area (Å²) in [6.07, 6.45) is 4.15. The highest BCUT2D eigenvalue weighted by Gasteiger charge is 2.29. The van der Waals surface area contributed by atoms with Crippen LogP contribution in [0.15, 0.2) is 11.2 Å². The lowest BCUT2D eigenvalue weighted by Gasteiger charge is -2.16. The summed E-state index contributed by atoms with van der Waals surface area (Å²) in [5.41, 5.74) is 5.85. The van der Waals surface area contributed by atoms with Crippen molar-refractivity contribution >= 4 is 10.0 Å². The Kier molecular flexibility index (Phi) is 3.24. The monoisotopic (exact) mass is 258 g/mol. The van der Waals surface area contributed by atoms with Crippen LogP contribution < -0.4 is 10.5 Å². The van der Waals surface area contributed by atoms with Gasteiger partial charge in [0, 0.05) is 25.3 Å². The van der Waals surface area contributed by atoms with Gasteiger partial charge < -0.3 is 10.3 Å². The van der Waals surface area contributed by atoms with Crippen LogP contribution in [0.5, 0.6) is 0 Å². The fourth-order valence-electron chi connectivity index (χ4n) is 2.05. The maximum Gasteiger partial charge on any atom is 0.259 e. The fourth-order valence-corrected chi connectivity index (χ4v) is 3.41. The van der Waals surface area contributed by atoms with E-state index in [1.165, 1.54) is 6.20 Å². The van der Waals surface area contributed by atoms with Crippen molar-refractivity contribution in [1.82, 2.24) is 14.3 Å². The highest BCUT2D eigenvalue weighted by molar-refractivity contribution is 7.89. The summed E-state index contributed by atoms with van der Waals surface area (Å²) in [4.78, 5) is 4.02. The second-order valence-electron chi connectivity index (χ2n) is 4.56. The third-order valence-corrected chi connectivity index (χ3v) is 4.60. The van der Waals surface area contributed by atoms with Crippen LogP contribution in [0, 0.1) is 6.92 Å².